The van der Waals surface area contributed by atoms with E-state index in [4.69, 9.17) is 4.74 Å². The number of rotatable bonds is 28. The fourth-order valence-corrected chi connectivity index (χ4v) is 5.15. The van der Waals surface area contributed by atoms with Crippen molar-refractivity contribution in [1.29, 1.82) is 0 Å². The lowest BCUT2D eigenvalue weighted by Crippen LogP contribution is -2.03. The highest BCUT2D eigenvalue weighted by Crippen LogP contribution is 2.21. The van der Waals surface area contributed by atoms with E-state index in [-0.39, 0.29) is 0 Å². The van der Waals surface area contributed by atoms with Gasteiger partial charge in [-0.05, 0) is 30.6 Å². The second kappa shape index (κ2) is 26.6. The molecule has 0 aliphatic rings. The van der Waals surface area contributed by atoms with Gasteiger partial charge in [-0.25, -0.2) is 0 Å². The summed E-state index contributed by atoms with van der Waals surface area (Å²) < 4.78 is 5.94. The molecule has 2 atom stereocenters. The van der Waals surface area contributed by atoms with E-state index in [0.717, 1.165) is 36.5 Å². The Hall–Kier alpha value is -0.460. The maximum absolute atomic E-state index is 5.94. The van der Waals surface area contributed by atoms with Crippen LogP contribution in [-0.2, 0) is 4.74 Å². The molecule has 0 spiro atoms. The molecule has 0 aromatic carbocycles. The van der Waals surface area contributed by atoms with Crippen LogP contribution in [0.4, 0.5) is 0 Å². The van der Waals surface area contributed by atoms with Crippen molar-refractivity contribution in [2.45, 2.75) is 182 Å². The maximum atomic E-state index is 5.94. The molecule has 2 unspecified atom stereocenters. The number of hydrogen-bond donors (Lipinski definition) is 0. The molecule has 1 nitrogen and oxygen atoms in total. The molecule has 0 bridgehead atoms. The first kappa shape index (κ1) is 34.5. The summed E-state index contributed by atoms with van der Waals surface area (Å²) in [5.41, 5.74) is 0. The fraction of sp³-hybridized carbons (Fsp3) is 0.941. The summed E-state index contributed by atoms with van der Waals surface area (Å²) in [7, 11) is 0. The molecule has 0 aromatic rings. The standard InChI is InChI=1S/C34H68O/c1-7-8-9-10-11-12-13-14-15-16-17-18-19-20-21-28-34(6)35-30-29-33(5)27-23-26-32(4)25-22-24-31(2)3/h31-33H,6-30H2,1-5H3. The topological polar surface area (TPSA) is 9.23 Å². The third-order valence-corrected chi connectivity index (χ3v) is 7.85. The smallest absolute Gasteiger partial charge is 0.0888 e. The monoisotopic (exact) mass is 493 g/mol. The molecule has 0 rings (SSSR count). The van der Waals surface area contributed by atoms with Gasteiger partial charge in [0.25, 0.3) is 0 Å². The molecular weight excluding hydrogens is 424 g/mol. The minimum Gasteiger partial charge on any atom is -0.499 e. The van der Waals surface area contributed by atoms with Crippen LogP contribution in [0.3, 0.4) is 0 Å². The van der Waals surface area contributed by atoms with Crippen molar-refractivity contribution >= 4 is 0 Å². The van der Waals surface area contributed by atoms with Crippen molar-refractivity contribution in [3.05, 3.63) is 12.3 Å². The van der Waals surface area contributed by atoms with Gasteiger partial charge in [-0.3, -0.25) is 0 Å². The Morgan fingerprint density at radius 2 is 0.914 bits per heavy atom. The van der Waals surface area contributed by atoms with Gasteiger partial charge in [-0.15, -0.1) is 0 Å². The predicted molar refractivity (Wildman–Crippen MR) is 160 cm³/mol. The van der Waals surface area contributed by atoms with Crippen LogP contribution in [0.1, 0.15) is 182 Å². The first-order valence-electron chi connectivity index (χ1n) is 16.3. The second-order valence-corrected chi connectivity index (χ2v) is 12.3. The molecule has 0 amide bonds. The van der Waals surface area contributed by atoms with Crippen LogP contribution in [-0.4, -0.2) is 6.61 Å². The molecule has 0 aromatic heterocycles. The van der Waals surface area contributed by atoms with E-state index < -0.39 is 0 Å². The van der Waals surface area contributed by atoms with E-state index >= 15 is 0 Å². The van der Waals surface area contributed by atoms with Gasteiger partial charge in [-0.1, -0.05) is 170 Å². The fourth-order valence-electron chi connectivity index (χ4n) is 5.15. The summed E-state index contributed by atoms with van der Waals surface area (Å²) in [6, 6.07) is 0. The van der Waals surface area contributed by atoms with E-state index in [1.165, 1.54) is 141 Å². The summed E-state index contributed by atoms with van der Waals surface area (Å²) in [5.74, 6) is 3.55. The van der Waals surface area contributed by atoms with E-state index in [1.807, 2.05) is 0 Å². The van der Waals surface area contributed by atoms with Crippen molar-refractivity contribution in [3.8, 4) is 0 Å². The minimum absolute atomic E-state index is 0.774. The molecule has 0 radical (unpaired) electrons. The van der Waals surface area contributed by atoms with E-state index in [1.54, 1.807) is 0 Å². The molecule has 210 valence electrons. The van der Waals surface area contributed by atoms with Gasteiger partial charge < -0.3 is 4.74 Å². The lowest BCUT2D eigenvalue weighted by Gasteiger charge is -2.16. The van der Waals surface area contributed by atoms with Crippen molar-refractivity contribution in [3.63, 3.8) is 0 Å². The molecule has 35 heavy (non-hydrogen) atoms. The summed E-state index contributed by atoms with van der Waals surface area (Å²) in [6.07, 6.45) is 31.9. The first-order chi connectivity index (χ1) is 17.0. The van der Waals surface area contributed by atoms with Crippen LogP contribution < -0.4 is 0 Å². The second-order valence-electron chi connectivity index (χ2n) is 12.3. The van der Waals surface area contributed by atoms with Crippen LogP contribution in [0.5, 0.6) is 0 Å². The minimum atomic E-state index is 0.774. The normalized spacial score (nSPS) is 13.3. The Bertz CT molecular complexity index is 426. The Labute approximate surface area is 223 Å². The molecule has 0 saturated carbocycles. The number of unbranched alkanes of at least 4 members (excludes halogenated alkanes) is 14. The molecule has 1 heteroatoms. The molecule has 0 aliphatic carbocycles. The van der Waals surface area contributed by atoms with Crippen molar-refractivity contribution < 1.29 is 4.74 Å². The van der Waals surface area contributed by atoms with Gasteiger partial charge in [0.2, 0.25) is 0 Å². The summed E-state index contributed by atoms with van der Waals surface area (Å²) in [5, 5.41) is 0. The number of ether oxygens (including phenoxy) is 1. The van der Waals surface area contributed by atoms with Gasteiger partial charge in [0, 0.05) is 6.42 Å². The molecule has 0 saturated heterocycles. The van der Waals surface area contributed by atoms with Gasteiger partial charge in [-0.2, -0.15) is 0 Å². The van der Waals surface area contributed by atoms with E-state index in [9.17, 15) is 0 Å². The first-order valence-corrected chi connectivity index (χ1v) is 16.3. The highest BCUT2D eigenvalue weighted by molar-refractivity contribution is 4.81. The Morgan fingerprint density at radius 3 is 1.37 bits per heavy atom. The van der Waals surface area contributed by atoms with Crippen LogP contribution in [0.2, 0.25) is 0 Å². The third-order valence-electron chi connectivity index (χ3n) is 7.85. The van der Waals surface area contributed by atoms with Gasteiger partial charge in [0.1, 0.15) is 0 Å². The third kappa shape index (κ3) is 28.0. The lowest BCUT2D eigenvalue weighted by molar-refractivity contribution is 0.181. The Morgan fingerprint density at radius 1 is 0.514 bits per heavy atom. The quantitative estimate of drug-likeness (QED) is 0.0779. The summed E-state index contributed by atoms with van der Waals surface area (Å²) in [4.78, 5) is 0. The van der Waals surface area contributed by atoms with Gasteiger partial charge in [0.05, 0.1) is 12.4 Å². The SMILES string of the molecule is C=C(CCCCCCCCCCCCCCCCC)OCCC(C)CCCC(C)CCCC(C)C. The lowest BCUT2D eigenvalue weighted by atomic mass is 9.93. The Balaban J connectivity index is 3.35. The average Bonchev–Trinajstić information content (AvgIpc) is 2.81. The van der Waals surface area contributed by atoms with Crippen LogP contribution in [0.25, 0.3) is 0 Å². The molecule has 0 fully saturated rings. The Kier molecular flexibility index (Phi) is 26.2. The van der Waals surface area contributed by atoms with Crippen LogP contribution >= 0.6 is 0 Å². The zero-order chi connectivity index (χ0) is 26.0. The van der Waals surface area contributed by atoms with E-state index in [0.29, 0.717) is 0 Å². The van der Waals surface area contributed by atoms with Crippen molar-refractivity contribution in [1.82, 2.24) is 0 Å². The number of hydrogen-bond acceptors (Lipinski definition) is 1. The zero-order valence-electron chi connectivity index (χ0n) is 25.3. The molecular formula is C34H68O. The predicted octanol–water partition coefficient (Wildman–Crippen LogP) is 12.4. The average molecular weight is 493 g/mol. The van der Waals surface area contributed by atoms with Crippen molar-refractivity contribution in [2.75, 3.05) is 6.61 Å². The molecule has 0 heterocycles. The van der Waals surface area contributed by atoms with Crippen LogP contribution in [0, 0.1) is 17.8 Å². The summed E-state index contributed by atoms with van der Waals surface area (Å²) in [6.45, 7) is 16.8. The summed E-state index contributed by atoms with van der Waals surface area (Å²) >= 11 is 0. The highest BCUT2D eigenvalue weighted by Gasteiger charge is 2.07. The molecule has 0 aliphatic heterocycles. The van der Waals surface area contributed by atoms with Gasteiger partial charge >= 0.3 is 0 Å². The highest BCUT2D eigenvalue weighted by atomic mass is 16.5. The van der Waals surface area contributed by atoms with Crippen molar-refractivity contribution in [2.24, 2.45) is 17.8 Å². The number of allylic oxidation sites excluding steroid dienone is 1. The van der Waals surface area contributed by atoms with E-state index in [2.05, 4.69) is 41.2 Å². The largest absolute Gasteiger partial charge is 0.499 e. The maximum Gasteiger partial charge on any atom is 0.0888 e. The molecule has 0 N–H and O–H groups in total. The van der Waals surface area contributed by atoms with Gasteiger partial charge in [0.15, 0.2) is 0 Å². The van der Waals surface area contributed by atoms with Crippen LogP contribution in [0.15, 0.2) is 12.3 Å². The zero-order valence-corrected chi connectivity index (χ0v) is 25.3.